The molecule has 0 bridgehead atoms. The minimum atomic E-state index is -0.873. The van der Waals surface area contributed by atoms with Crippen LogP contribution in [-0.2, 0) is 20.9 Å². The van der Waals surface area contributed by atoms with E-state index in [1.807, 2.05) is 37.3 Å². The van der Waals surface area contributed by atoms with E-state index in [0.717, 1.165) is 31.4 Å². The average Bonchev–Trinajstić information content (AvgIpc) is 3.63. The van der Waals surface area contributed by atoms with Gasteiger partial charge in [-0.1, -0.05) is 51.0 Å². The number of halogens is 1. The van der Waals surface area contributed by atoms with E-state index in [0.29, 0.717) is 55.2 Å². The van der Waals surface area contributed by atoms with Gasteiger partial charge >= 0.3 is 0 Å². The van der Waals surface area contributed by atoms with Gasteiger partial charge in [0.15, 0.2) is 0 Å². The molecule has 1 atom stereocenters. The zero-order valence-corrected chi connectivity index (χ0v) is 29.9. The van der Waals surface area contributed by atoms with E-state index in [2.05, 4.69) is 28.0 Å². The summed E-state index contributed by atoms with van der Waals surface area (Å²) in [5, 5.41) is 12.5. The van der Waals surface area contributed by atoms with Gasteiger partial charge in [0.1, 0.15) is 35.1 Å². The minimum absolute atomic E-state index is 0.0403. The fourth-order valence-corrected chi connectivity index (χ4v) is 6.78. The van der Waals surface area contributed by atoms with Gasteiger partial charge in [-0.05, 0) is 80.0 Å². The average molecular weight is 701 g/mol. The van der Waals surface area contributed by atoms with Gasteiger partial charge in [0.2, 0.25) is 11.8 Å². The van der Waals surface area contributed by atoms with Crippen molar-refractivity contribution >= 4 is 34.9 Å². The standard InChI is InChI=1S/C39H49FN6O5/c1-5-34(47)43-35(39(50)45-22-19-30(20-23-45)51-29-10-8-7-9-11-29)26(4)28-16-17-32(31(40)24-28)42-38(49)36(27-14-12-25(3)13-15-27)44-37(48)33-18-21-41-46(33)6-2/h7-11,16-18,21,24-25,27,30,36H,5-6,12-15,19-20,22-23H2,1-4H3,(H,42,49)(H,43,47)(H,44,48)/b35-26+/t25?,27?,36-/m0/s1. The third-order valence-electron chi connectivity index (χ3n) is 9.96. The number of ether oxygens (including phenoxy) is 1. The topological polar surface area (TPSA) is 135 Å². The Morgan fingerprint density at radius 3 is 2.31 bits per heavy atom. The normalized spacial score (nSPS) is 19.0. The molecule has 2 fully saturated rings. The van der Waals surface area contributed by atoms with Crippen molar-refractivity contribution in [2.45, 2.75) is 91.3 Å². The monoisotopic (exact) mass is 700 g/mol. The van der Waals surface area contributed by atoms with Gasteiger partial charge in [0, 0.05) is 45.1 Å². The van der Waals surface area contributed by atoms with Crippen LogP contribution in [-0.4, -0.2) is 63.5 Å². The molecule has 0 unspecified atom stereocenters. The highest BCUT2D eigenvalue weighted by Crippen LogP contribution is 2.32. The molecule has 4 amide bonds. The first-order valence-electron chi connectivity index (χ1n) is 18.0. The number of anilines is 1. The number of hydrogen-bond donors (Lipinski definition) is 3. The number of benzene rings is 2. The number of amides is 4. The number of carbonyl (C=O) groups excluding carboxylic acids is 4. The van der Waals surface area contributed by atoms with Gasteiger partial charge in [0.25, 0.3) is 11.8 Å². The summed E-state index contributed by atoms with van der Waals surface area (Å²) in [5.41, 5.74) is 1.16. The Bertz CT molecular complexity index is 1720. The summed E-state index contributed by atoms with van der Waals surface area (Å²) in [4.78, 5) is 55.1. The van der Waals surface area contributed by atoms with E-state index in [-0.39, 0.29) is 41.6 Å². The summed E-state index contributed by atoms with van der Waals surface area (Å²) < 4.78 is 23.4. The Morgan fingerprint density at radius 1 is 0.961 bits per heavy atom. The van der Waals surface area contributed by atoms with Gasteiger partial charge < -0.3 is 25.6 Å². The van der Waals surface area contributed by atoms with Crippen LogP contribution in [0.15, 0.2) is 66.5 Å². The molecule has 1 aromatic heterocycles. The molecule has 3 aromatic rings. The molecule has 272 valence electrons. The van der Waals surface area contributed by atoms with Crippen molar-refractivity contribution in [3.63, 3.8) is 0 Å². The van der Waals surface area contributed by atoms with Crippen LogP contribution >= 0.6 is 0 Å². The number of piperidine rings is 1. The van der Waals surface area contributed by atoms with E-state index in [4.69, 9.17) is 4.74 Å². The first kappa shape index (κ1) is 37.3. The Kier molecular flexibility index (Phi) is 12.6. The molecule has 11 nitrogen and oxygen atoms in total. The summed E-state index contributed by atoms with van der Waals surface area (Å²) >= 11 is 0. The van der Waals surface area contributed by atoms with E-state index in [1.165, 1.54) is 12.1 Å². The quantitative estimate of drug-likeness (QED) is 0.201. The fraction of sp³-hybridized carbons (Fsp3) is 0.462. The molecule has 2 heterocycles. The highest BCUT2D eigenvalue weighted by molar-refractivity contribution is 6.04. The van der Waals surface area contributed by atoms with Crippen molar-refractivity contribution in [3.05, 3.63) is 83.6 Å². The maximum atomic E-state index is 15.7. The van der Waals surface area contributed by atoms with Crippen molar-refractivity contribution in [1.82, 2.24) is 25.3 Å². The fourth-order valence-electron chi connectivity index (χ4n) is 6.78. The van der Waals surface area contributed by atoms with E-state index in [1.54, 1.807) is 41.8 Å². The van der Waals surface area contributed by atoms with Crippen LogP contribution in [0.1, 0.15) is 88.7 Å². The van der Waals surface area contributed by atoms with Crippen molar-refractivity contribution in [3.8, 4) is 5.75 Å². The molecule has 1 saturated heterocycles. The third kappa shape index (κ3) is 9.42. The van der Waals surface area contributed by atoms with E-state index in [9.17, 15) is 19.2 Å². The van der Waals surface area contributed by atoms with Gasteiger partial charge in [-0.2, -0.15) is 5.10 Å². The third-order valence-corrected chi connectivity index (χ3v) is 9.96. The van der Waals surface area contributed by atoms with Crippen LogP contribution in [0.5, 0.6) is 5.75 Å². The minimum Gasteiger partial charge on any atom is -0.490 e. The molecule has 1 aliphatic carbocycles. The number of likely N-dealkylation sites (tertiary alicyclic amines) is 1. The predicted octanol–water partition coefficient (Wildman–Crippen LogP) is 5.93. The largest absolute Gasteiger partial charge is 0.490 e. The molecule has 2 aromatic carbocycles. The second-order valence-corrected chi connectivity index (χ2v) is 13.5. The molecule has 51 heavy (non-hydrogen) atoms. The number of nitrogens with zero attached hydrogens (tertiary/aromatic N) is 3. The number of aryl methyl sites for hydroxylation is 1. The zero-order valence-electron chi connectivity index (χ0n) is 29.9. The van der Waals surface area contributed by atoms with Crippen LogP contribution in [0.2, 0.25) is 0 Å². The van der Waals surface area contributed by atoms with Crippen LogP contribution in [0.3, 0.4) is 0 Å². The zero-order chi connectivity index (χ0) is 36.5. The first-order chi connectivity index (χ1) is 24.6. The van der Waals surface area contributed by atoms with E-state index >= 15 is 4.39 Å². The van der Waals surface area contributed by atoms with Crippen LogP contribution in [0, 0.1) is 17.7 Å². The molecule has 3 N–H and O–H groups in total. The lowest BCUT2D eigenvalue weighted by Gasteiger charge is -2.33. The lowest BCUT2D eigenvalue weighted by molar-refractivity contribution is -0.131. The van der Waals surface area contributed by atoms with Crippen molar-refractivity contribution in [1.29, 1.82) is 0 Å². The molecule has 2 aliphatic rings. The van der Waals surface area contributed by atoms with E-state index < -0.39 is 23.7 Å². The number of nitrogens with one attached hydrogen (secondary N) is 3. The maximum Gasteiger partial charge on any atom is 0.270 e. The smallest absolute Gasteiger partial charge is 0.270 e. The van der Waals surface area contributed by atoms with Crippen molar-refractivity contribution in [2.24, 2.45) is 11.8 Å². The highest BCUT2D eigenvalue weighted by atomic mass is 19.1. The molecule has 0 radical (unpaired) electrons. The second kappa shape index (κ2) is 17.3. The van der Waals surface area contributed by atoms with Gasteiger partial charge in [-0.15, -0.1) is 0 Å². The Hall–Kier alpha value is -5.00. The molecular formula is C39H49FN6O5. The SMILES string of the molecule is CCC(=O)N/C(C(=O)N1CCC(Oc2ccccc2)CC1)=C(\C)c1ccc(NC(=O)[C@@H](NC(=O)c2ccnn2CC)C2CCC(C)CC2)c(F)c1. The number of hydrogen-bond acceptors (Lipinski definition) is 6. The second-order valence-electron chi connectivity index (χ2n) is 13.5. The lowest BCUT2D eigenvalue weighted by atomic mass is 9.79. The maximum absolute atomic E-state index is 15.7. The highest BCUT2D eigenvalue weighted by Gasteiger charge is 2.34. The molecule has 0 spiro atoms. The molecule has 1 saturated carbocycles. The lowest BCUT2D eigenvalue weighted by Crippen LogP contribution is -2.49. The molecular weight excluding hydrogens is 651 g/mol. The van der Waals surface area contributed by atoms with Crippen molar-refractivity contribution in [2.75, 3.05) is 18.4 Å². The first-order valence-corrected chi connectivity index (χ1v) is 18.0. The van der Waals surface area contributed by atoms with Crippen LogP contribution < -0.4 is 20.7 Å². The molecule has 5 rings (SSSR count). The summed E-state index contributed by atoms with van der Waals surface area (Å²) in [5.74, 6) is -1.12. The van der Waals surface area contributed by atoms with Crippen molar-refractivity contribution < 1.29 is 28.3 Å². The number of aromatic nitrogens is 2. The Morgan fingerprint density at radius 2 is 1.67 bits per heavy atom. The molecule has 12 heteroatoms. The summed E-state index contributed by atoms with van der Waals surface area (Å²) in [6.45, 7) is 8.78. The summed E-state index contributed by atoms with van der Waals surface area (Å²) in [6, 6.07) is 14.6. The summed E-state index contributed by atoms with van der Waals surface area (Å²) in [7, 11) is 0. The number of allylic oxidation sites excluding steroid dienone is 1. The van der Waals surface area contributed by atoms with Gasteiger partial charge in [0.05, 0.1) is 5.69 Å². The number of para-hydroxylation sites is 1. The number of rotatable bonds is 12. The summed E-state index contributed by atoms with van der Waals surface area (Å²) in [6.07, 6.45) is 6.30. The predicted molar refractivity (Wildman–Crippen MR) is 193 cm³/mol. The number of carbonyl (C=O) groups is 4. The van der Waals surface area contributed by atoms with Crippen LogP contribution in [0.25, 0.3) is 5.57 Å². The van der Waals surface area contributed by atoms with Gasteiger partial charge in [-0.25, -0.2) is 4.39 Å². The van der Waals surface area contributed by atoms with Gasteiger partial charge in [-0.3, -0.25) is 23.9 Å². The Balaban J connectivity index is 1.32. The Labute approximate surface area is 299 Å². The molecule has 1 aliphatic heterocycles. The van der Waals surface area contributed by atoms with Crippen LogP contribution in [0.4, 0.5) is 10.1 Å².